The zero-order valence-electron chi connectivity index (χ0n) is 18.1. The van der Waals surface area contributed by atoms with Crippen LogP contribution in [0.2, 0.25) is 0 Å². The van der Waals surface area contributed by atoms with E-state index in [2.05, 4.69) is 15.9 Å². The average Bonchev–Trinajstić information content (AvgIpc) is 3.07. The predicted molar refractivity (Wildman–Crippen MR) is 123 cm³/mol. The van der Waals surface area contributed by atoms with Gasteiger partial charge in [-0.2, -0.15) is 0 Å². The second kappa shape index (κ2) is 8.12. The number of carboxylic acid groups (broad SMARTS) is 1. The average molecular weight is 568 g/mol. The number of halogens is 4. The monoisotopic (exact) mass is 566 g/mol. The Kier molecular flexibility index (Phi) is 6.22. The van der Waals surface area contributed by atoms with Gasteiger partial charge in [0.05, 0.1) is 14.7 Å². The Balaban J connectivity index is 1.74. The molecule has 4 rings (SSSR count). The van der Waals surface area contributed by atoms with Gasteiger partial charge >= 0.3 is 5.97 Å². The molecule has 0 radical (unpaired) electrons. The molecule has 33 heavy (non-hydrogen) atoms. The molecule has 3 fully saturated rings. The molecule has 2 unspecified atom stereocenters. The van der Waals surface area contributed by atoms with Gasteiger partial charge in [0.1, 0.15) is 12.3 Å². The first-order valence-corrected chi connectivity index (χ1v) is 12.5. The number of aliphatic hydroxyl groups excluding tert-OH is 2. The number of rotatable bonds is 4. The number of allylic oxidation sites excluding steroid dienone is 4. The molecule has 0 aromatic rings. The molecule has 0 bridgehead atoms. The minimum absolute atomic E-state index is 0.0500. The summed E-state index contributed by atoms with van der Waals surface area (Å²) < 4.78 is 15.8. The second-order valence-corrected chi connectivity index (χ2v) is 12.3. The lowest BCUT2D eigenvalue weighted by Gasteiger charge is -2.63. The molecule has 0 amide bonds. The molecule has 0 aromatic heterocycles. The van der Waals surface area contributed by atoms with Gasteiger partial charge in [0.25, 0.3) is 0 Å². The third-order valence-corrected chi connectivity index (χ3v) is 11.0. The summed E-state index contributed by atoms with van der Waals surface area (Å²) in [5, 5.41) is 28.2. The number of carbonyl (C=O) groups is 3. The quantitative estimate of drug-likeness (QED) is 0.448. The maximum Gasteiger partial charge on any atom is 0.335 e. The van der Waals surface area contributed by atoms with Crippen LogP contribution in [0.5, 0.6) is 0 Å². The van der Waals surface area contributed by atoms with E-state index >= 15 is 4.39 Å². The largest absolute Gasteiger partial charge is 0.479 e. The van der Waals surface area contributed by atoms with Crippen molar-refractivity contribution in [3.63, 3.8) is 0 Å². The zero-order chi connectivity index (χ0) is 24.7. The number of hydrogen-bond acceptors (Lipinski definition) is 5. The van der Waals surface area contributed by atoms with Gasteiger partial charge in [-0.15, -0.1) is 23.2 Å². The highest BCUT2D eigenvalue weighted by atomic mass is 79.9. The SMILES string of the molecule is C[C@]12C[C@H](Cl)[C@@]3(Cl)[C@@H](C[C@@H](F)C4=CC(=O)C(Br)=C[C@@]43C)[C@@H]1CC[C@@H]2C(=O)C(O)C(O)C(=O)O. The number of ketones is 2. The lowest BCUT2D eigenvalue weighted by molar-refractivity contribution is -0.160. The van der Waals surface area contributed by atoms with Crippen molar-refractivity contribution in [3.05, 3.63) is 22.2 Å². The van der Waals surface area contributed by atoms with Crippen LogP contribution in [0.25, 0.3) is 0 Å². The maximum atomic E-state index is 15.5. The first-order valence-electron chi connectivity index (χ1n) is 10.9. The van der Waals surface area contributed by atoms with Crippen LogP contribution in [0.4, 0.5) is 4.39 Å². The first kappa shape index (κ1) is 25.3. The molecular formula is C23H26BrCl2FO6. The molecule has 182 valence electrons. The normalized spacial score (nSPS) is 46.3. The number of aliphatic hydroxyl groups is 2. The number of alkyl halides is 3. The number of carboxylic acids is 1. The first-order chi connectivity index (χ1) is 15.2. The van der Waals surface area contributed by atoms with E-state index in [4.69, 9.17) is 28.3 Å². The number of carbonyl (C=O) groups excluding carboxylic acids is 2. The molecule has 10 atom stereocenters. The predicted octanol–water partition coefficient (Wildman–Crippen LogP) is 3.54. The van der Waals surface area contributed by atoms with Gasteiger partial charge in [-0.1, -0.05) is 19.9 Å². The maximum absolute atomic E-state index is 15.5. The summed E-state index contributed by atoms with van der Waals surface area (Å²) in [5.41, 5.74) is -1.48. The van der Waals surface area contributed by atoms with Crippen LogP contribution in [-0.2, 0) is 14.4 Å². The summed E-state index contributed by atoms with van der Waals surface area (Å²) >= 11 is 17.6. The molecule has 4 aliphatic rings. The van der Waals surface area contributed by atoms with E-state index in [1.165, 1.54) is 6.08 Å². The van der Waals surface area contributed by atoms with Crippen molar-refractivity contribution < 1.29 is 34.1 Å². The molecule has 0 heterocycles. The molecule has 0 saturated heterocycles. The third-order valence-electron chi connectivity index (χ3n) is 8.83. The van der Waals surface area contributed by atoms with Gasteiger partial charge in [-0.25, -0.2) is 9.18 Å². The Hall–Kier alpha value is -0.800. The number of aliphatic carboxylic acids is 1. The van der Waals surface area contributed by atoms with Crippen molar-refractivity contribution in [2.75, 3.05) is 0 Å². The Morgan fingerprint density at radius 1 is 1.21 bits per heavy atom. The zero-order valence-corrected chi connectivity index (χ0v) is 21.2. The van der Waals surface area contributed by atoms with Crippen LogP contribution in [0, 0.1) is 28.6 Å². The highest BCUT2D eigenvalue weighted by molar-refractivity contribution is 9.12. The minimum Gasteiger partial charge on any atom is -0.479 e. The van der Waals surface area contributed by atoms with Crippen molar-refractivity contribution in [2.24, 2.45) is 28.6 Å². The van der Waals surface area contributed by atoms with Gasteiger partial charge < -0.3 is 15.3 Å². The molecule has 0 aliphatic heterocycles. The molecule has 6 nitrogen and oxygen atoms in total. The van der Waals surface area contributed by atoms with Gasteiger partial charge in [-0.05, 0) is 70.5 Å². The molecule has 3 N–H and O–H groups in total. The Bertz CT molecular complexity index is 986. The molecule has 0 spiro atoms. The fraction of sp³-hybridized carbons (Fsp3) is 0.696. The summed E-state index contributed by atoms with van der Waals surface area (Å²) in [5.74, 6) is -4.14. The van der Waals surface area contributed by atoms with Crippen LogP contribution in [-0.4, -0.2) is 61.5 Å². The second-order valence-electron chi connectivity index (χ2n) is 10.3. The van der Waals surface area contributed by atoms with Crippen molar-refractivity contribution in [1.29, 1.82) is 0 Å². The van der Waals surface area contributed by atoms with Crippen LogP contribution in [0.1, 0.15) is 39.5 Å². The van der Waals surface area contributed by atoms with E-state index in [0.717, 1.165) is 0 Å². The summed E-state index contributed by atoms with van der Waals surface area (Å²) in [6.45, 7) is 3.65. The van der Waals surface area contributed by atoms with E-state index in [-0.39, 0.29) is 24.5 Å². The van der Waals surface area contributed by atoms with Crippen molar-refractivity contribution in [3.8, 4) is 0 Å². The van der Waals surface area contributed by atoms with E-state index in [1.807, 2.05) is 6.92 Å². The standard InChI is InChI=1S/C23H26BrCl2FO6/c1-21-8-16(25)23(26)11(5-14(27)12-6-15(28)13(24)7-22(12,23)2)9(21)3-4-10(21)17(29)18(30)19(31)20(32)33/h6-7,9-11,14,16,18-19,30-31H,3-5,8H2,1-2H3,(H,32,33)/t9-,10+,11-,14+,16-,18?,19?,21-,22-,23-/m0/s1. The lowest BCUT2D eigenvalue weighted by Crippen LogP contribution is -2.66. The highest BCUT2D eigenvalue weighted by Gasteiger charge is 2.71. The summed E-state index contributed by atoms with van der Waals surface area (Å²) in [6, 6.07) is 0. The van der Waals surface area contributed by atoms with Gasteiger partial charge in [0.2, 0.25) is 0 Å². The topological polar surface area (TPSA) is 112 Å². The molecule has 10 heteroatoms. The Morgan fingerprint density at radius 3 is 2.45 bits per heavy atom. The lowest BCUT2D eigenvalue weighted by atomic mass is 9.46. The third kappa shape index (κ3) is 3.34. The van der Waals surface area contributed by atoms with Crippen molar-refractivity contribution >= 4 is 56.7 Å². The fourth-order valence-corrected chi connectivity index (χ4v) is 8.93. The smallest absolute Gasteiger partial charge is 0.335 e. The minimum atomic E-state index is -2.22. The number of Topliss-reactive ketones (excluding diaryl/α,β-unsaturated/α-hetero) is 1. The van der Waals surface area contributed by atoms with Gasteiger partial charge in [0, 0.05) is 11.3 Å². The Morgan fingerprint density at radius 2 is 1.85 bits per heavy atom. The molecule has 3 saturated carbocycles. The van der Waals surface area contributed by atoms with E-state index in [9.17, 15) is 24.6 Å². The van der Waals surface area contributed by atoms with Crippen LogP contribution >= 0.6 is 39.1 Å². The van der Waals surface area contributed by atoms with Gasteiger partial charge in [-0.3, -0.25) is 9.59 Å². The van der Waals surface area contributed by atoms with E-state index in [1.54, 1.807) is 13.0 Å². The summed E-state index contributed by atoms with van der Waals surface area (Å²) in [6.07, 6.45) is -1.53. The van der Waals surface area contributed by atoms with Gasteiger partial charge in [0.15, 0.2) is 17.7 Å². The summed E-state index contributed by atoms with van der Waals surface area (Å²) in [7, 11) is 0. The molecule has 0 aromatic carbocycles. The highest BCUT2D eigenvalue weighted by Crippen LogP contribution is 2.71. The van der Waals surface area contributed by atoms with Crippen LogP contribution in [0.3, 0.4) is 0 Å². The van der Waals surface area contributed by atoms with Crippen LogP contribution in [0.15, 0.2) is 22.2 Å². The van der Waals surface area contributed by atoms with E-state index < -0.39 is 63.0 Å². The number of hydrogen-bond donors (Lipinski definition) is 3. The Labute approximate surface area is 209 Å². The molecule has 4 aliphatic carbocycles. The van der Waals surface area contributed by atoms with Crippen LogP contribution < -0.4 is 0 Å². The molecular weight excluding hydrogens is 542 g/mol. The fourth-order valence-electron chi connectivity index (χ4n) is 7.15. The van der Waals surface area contributed by atoms with Crippen molar-refractivity contribution in [1.82, 2.24) is 0 Å². The van der Waals surface area contributed by atoms with E-state index in [0.29, 0.717) is 22.9 Å². The number of fused-ring (bicyclic) bond motifs is 5. The van der Waals surface area contributed by atoms with Crippen molar-refractivity contribution in [2.45, 2.75) is 68.2 Å². The summed E-state index contributed by atoms with van der Waals surface area (Å²) in [4.78, 5) is 35.2.